The standard InChI is InChI=1S/C7H12ClNO7S2.Na/c1-7(4-16-6(10)9(7)8)5-17(11,12)2-3-18(13,14)15;/h2-5H2,1H3,(H,13,14,15);/q;+1/p-1. The number of hydrogen-bond donors (Lipinski definition) is 0. The van der Waals surface area contributed by atoms with E-state index in [1.54, 1.807) is 0 Å². The van der Waals surface area contributed by atoms with Gasteiger partial charge in [-0.15, -0.1) is 0 Å². The average Bonchev–Trinajstić information content (AvgIpc) is 2.42. The van der Waals surface area contributed by atoms with Gasteiger partial charge < -0.3 is 9.29 Å². The Kier molecular flexibility index (Phi) is 6.60. The van der Waals surface area contributed by atoms with Gasteiger partial charge in [0.05, 0.1) is 27.4 Å². The van der Waals surface area contributed by atoms with Crippen LogP contribution in [0.3, 0.4) is 0 Å². The Morgan fingerprint density at radius 1 is 1.37 bits per heavy atom. The minimum atomic E-state index is -4.61. The van der Waals surface area contributed by atoms with Crippen LogP contribution in [0.2, 0.25) is 0 Å². The van der Waals surface area contributed by atoms with E-state index < -0.39 is 48.8 Å². The first kappa shape index (κ1) is 19.4. The molecule has 12 heteroatoms. The molecule has 0 aromatic carbocycles. The Hall–Kier alpha value is 0.420. The molecule has 0 aliphatic carbocycles. The summed E-state index contributed by atoms with van der Waals surface area (Å²) < 4.78 is 59.6. The third kappa shape index (κ3) is 5.74. The van der Waals surface area contributed by atoms with Gasteiger partial charge in [0.25, 0.3) is 0 Å². The molecule has 8 nitrogen and oxygen atoms in total. The van der Waals surface area contributed by atoms with Gasteiger partial charge in [-0.2, -0.15) is 0 Å². The summed E-state index contributed by atoms with van der Waals surface area (Å²) in [5.74, 6) is -2.40. The van der Waals surface area contributed by atoms with Crippen LogP contribution in [-0.4, -0.2) is 61.3 Å². The predicted octanol–water partition coefficient (Wildman–Crippen LogP) is -3.68. The van der Waals surface area contributed by atoms with Crippen molar-refractivity contribution < 1.29 is 60.5 Å². The molecule has 0 N–H and O–H groups in total. The Labute approximate surface area is 138 Å². The van der Waals surface area contributed by atoms with Crippen LogP contribution >= 0.6 is 11.8 Å². The van der Waals surface area contributed by atoms with Crippen LogP contribution in [-0.2, 0) is 24.7 Å². The summed E-state index contributed by atoms with van der Waals surface area (Å²) in [6, 6.07) is 0. The van der Waals surface area contributed by atoms with Gasteiger partial charge in [-0.3, -0.25) is 0 Å². The van der Waals surface area contributed by atoms with Crippen LogP contribution in [0.15, 0.2) is 0 Å². The van der Waals surface area contributed by atoms with Gasteiger partial charge in [-0.25, -0.2) is 26.0 Å². The van der Waals surface area contributed by atoms with Crippen molar-refractivity contribution in [3.05, 3.63) is 0 Å². The number of carbonyl (C=O) groups excluding carboxylic acids is 1. The second-order valence-corrected chi connectivity index (χ2v) is 8.23. The smallest absolute Gasteiger partial charge is 0.748 e. The van der Waals surface area contributed by atoms with Crippen LogP contribution in [0.4, 0.5) is 4.79 Å². The normalized spacial score (nSPS) is 23.9. The van der Waals surface area contributed by atoms with Crippen LogP contribution in [0.25, 0.3) is 0 Å². The largest absolute Gasteiger partial charge is 1.00 e. The maximum atomic E-state index is 11.6. The van der Waals surface area contributed by atoms with Gasteiger partial charge >= 0.3 is 35.7 Å². The van der Waals surface area contributed by atoms with Crippen LogP contribution in [0.1, 0.15) is 6.92 Å². The van der Waals surface area contributed by atoms with Crippen molar-refractivity contribution in [2.75, 3.05) is 23.9 Å². The molecule has 1 unspecified atom stereocenters. The predicted molar refractivity (Wildman–Crippen MR) is 60.7 cm³/mol. The van der Waals surface area contributed by atoms with E-state index >= 15 is 0 Å². The quantitative estimate of drug-likeness (QED) is 0.286. The number of rotatable bonds is 5. The molecule has 19 heavy (non-hydrogen) atoms. The zero-order valence-corrected chi connectivity index (χ0v) is 14.7. The van der Waals surface area contributed by atoms with E-state index in [9.17, 15) is 26.2 Å². The summed E-state index contributed by atoms with van der Waals surface area (Å²) in [5.41, 5.74) is -1.27. The van der Waals surface area contributed by atoms with Gasteiger partial charge in [-0.05, 0) is 6.92 Å². The van der Waals surface area contributed by atoms with Crippen molar-refractivity contribution >= 4 is 37.8 Å². The van der Waals surface area contributed by atoms with Gasteiger partial charge in [0.15, 0.2) is 9.84 Å². The molecule has 0 saturated carbocycles. The fraction of sp³-hybridized carbons (Fsp3) is 0.857. The number of carbonyl (C=O) groups is 1. The topological polar surface area (TPSA) is 121 Å². The Bertz CT molecular complexity index is 548. The van der Waals surface area contributed by atoms with E-state index in [4.69, 9.17) is 11.8 Å². The number of ether oxygens (including phenoxy) is 1. The zero-order chi connectivity index (χ0) is 14.2. The number of hydrogen-bond acceptors (Lipinski definition) is 7. The monoisotopic (exact) mass is 343 g/mol. The molecule has 1 heterocycles. The van der Waals surface area contributed by atoms with Crippen molar-refractivity contribution in [1.29, 1.82) is 0 Å². The van der Waals surface area contributed by atoms with E-state index in [-0.39, 0.29) is 36.2 Å². The Morgan fingerprint density at radius 2 is 1.89 bits per heavy atom. The van der Waals surface area contributed by atoms with Crippen LogP contribution < -0.4 is 29.6 Å². The van der Waals surface area contributed by atoms with E-state index in [0.29, 0.717) is 4.42 Å². The van der Waals surface area contributed by atoms with Crippen molar-refractivity contribution in [2.45, 2.75) is 12.5 Å². The fourth-order valence-corrected chi connectivity index (χ4v) is 4.79. The third-order valence-corrected chi connectivity index (χ3v) is 5.71. The minimum absolute atomic E-state index is 0. The molecule has 1 saturated heterocycles. The minimum Gasteiger partial charge on any atom is -0.748 e. The summed E-state index contributed by atoms with van der Waals surface area (Å²) >= 11 is 5.58. The molecule has 0 aromatic rings. The van der Waals surface area contributed by atoms with Crippen LogP contribution in [0.5, 0.6) is 0 Å². The molecule has 1 rings (SSSR count). The molecule has 1 fully saturated rings. The maximum absolute atomic E-state index is 11.6. The number of halogens is 1. The summed E-state index contributed by atoms with van der Waals surface area (Å²) in [4.78, 5) is 11.0. The van der Waals surface area contributed by atoms with Crippen molar-refractivity contribution in [3.63, 3.8) is 0 Å². The molecular weight excluding hydrogens is 333 g/mol. The van der Waals surface area contributed by atoms with E-state index in [0.717, 1.165) is 0 Å². The van der Waals surface area contributed by atoms with Crippen molar-refractivity contribution in [2.24, 2.45) is 0 Å². The van der Waals surface area contributed by atoms with Gasteiger partial charge in [0, 0.05) is 11.8 Å². The summed E-state index contributed by atoms with van der Waals surface area (Å²) in [6.07, 6.45) is -0.870. The Balaban J connectivity index is 0.00000324. The first-order valence-electron chi connectivity index (χ1n) is 4.72. The molecule has 0 spiro atoms. The van der Waals surface area contributed by atoms with Crippen molar-refractivity contribution in [1.82, 2.24) is 4.42 Å². The molecule has 1 aliphatic heterocycles. The fourth-order valence-electron chi connectivity index (χ4n) is 1.42. The molecule has 0 aromatic heterocycles. The summed E-state index contributed by atoms with van der Waals surface area (Å²) in [6.45, 7) is 1.16. The van der Waals surface area contributed by atoms with E-state index in [2.05, 4.69) is 4.74 Å². The van der Waals surface area contributed by atoms with E-state index in [1.807, 2.05) is 0 Å². The second-order valence-electron chi connectivity index (χ2n) is 4.19. The third-order valence-electron chi connectivity index (χ3n) is 2.32. The van der Waals surface area contributed by atoms with E-state index in [1.165, 1.54) is 6.92 Å². The number of cyclic esters (lactones) is 1. The summed E-state index contributed by atoms with van der Waals surface area (Å²) in [7, 11) is -8.46. The second kappa shape index (κ2) is 6.46. The first-order valence-corrected chi connectivity index (χ1v) is 8.46. The Morgan fingerprint density at radius 3 is 2.26 bits per heavy atom. The SMILES string of the molecule is CC1(CS(=O)(=O)CCS(=O)(=O)[O-])COC(=O)N1Cl.[Na+]. The molecule has 0 bridgehead atoms. The first-order chi connectivity index (χ1) is 7.95. The van der Waals surface area contributed by atoms with Crippen LogP contribution in [0, 0.1) is 0 Å². The van der Waals surface area contributed by atoms with Gasteiger partial charge in [0.1, 0.15) is 12.1 Å². The van der Waals surface area contributed by atoms with Crippen molar-refractivity contribution in [3.8, 4) is 0 Å². The molecule has 106 valence electrons. The van der Waals surface area contributed by atoms with Gasteiger partial charge in [0.2, 0.25) is 0 Å². The number of nitrogens with zero attached hydrogens (tertiary/aromatic N) is 1. The molecule has 1 atom stereocenters. The molecule has 1 amide bonds. The average molecular weight is 344 g/mol. The summed E-state index contributed by atoms with van der Waals surface area (Å²) in [5, 5.41) is 0. The molecule has 0 radical (unpaired) electrons. The molecule has 1 aliphatic rings. The number of amides is 1. The number of sulfone groups is 1. The molecular formula is C7H11ClNNaO7S2. The zero-order valence-electron chi connectivity index (χ0n) is 10.3. The van der Waals surface area contributed by atoms with Gasteiger partial charge in [-0.1, -0.05) is 0 Å². The maximum Gasteiger partial charge on any atom is 1.00 e.